The lowest BCUT2D eigenvalue weighted by molar-refractivity contribution is -0.117. The van der Waals surface area contributed by atoms with E-state index in [4.69, 9.17) is 9.47 Å². The SMILES string of the molecule is CCn1c(=NC(=O)CCS(=O)(=O)c2ccc(OC)cc2)sc2cccc(OC)c21. The Morgan fingerprint density at radius 2 is 1.83 bits per heavy atom. The van der Waals surface area contributed by atoms with Gasteiger partial charge < -0.3 is 14.0 Å². The number of nitrogens with zero attached hydrogens (tertiary/aromatic N) is 2. The number of hydrogen-bond donors (Lipinski definition) is 0. The zero-order valence-corrected chi connectivity index (χ0v) is 18.0. The quantitative estimate of drug-likeness (QED) is 0.570. The standard InChI is InChI=1S/C20H22N2O5S2/c1-4-22-19-16(27-3)6-5-7-17(19)28-20(22)21-18(23)12-13-29(24,25)15-10-8-14(26-2)9-11-15/h5-11H,4,12-13H2,1-3H3. The van der Waals surface area contributed by atoms with Crippen LogP contribution in [0.15, 0.2) is 52.4 Å². The summed E-state index contributed by atoms with van der Waals surface area (Å²) < 4.78 is 38.3. The lowest BCUT2D eigenvalue weighted by atomic mass is 10.3. The Balaban J connectivity index is 1.83. The molecule has 0 aliphatic heterocycles. The highest BCUT2D eigenvalue weighted by Gasteiger charge is 2.17. The van der Waals surface area contributed by atoms with E-state index in [2.05, 4.69) is 4.99 Å². The Morgan fingerprint density at radius 1 is 1.10 bits per heavy atom. The van der Waals surface area contributed by atoms with Crippen LogP contribution < -0.4 is 14.3 Å². The van der Waals surface area contributed by atoms with Crippen molar-refractivity contribution in [2.24, 2.45) is 4.99 Å². The van der Waals surface area contributed by atoms with E-state index in [0.29, 0.717) is 22.8 Å². The summed E-state index contributed by atoms with van der Waals surface area (Å²) in [7, 11) is -0.478. The van der Waals surface area contributed by atoms with Crippen LogP contribution in [0.4, 0.5) is 0 Å². The van der Waals surface area contributed by atoms with Crippen LogP contribution in [0.2, 0.25) is 0 Å². The highest BCUT2D eigenvalue weighted by Crippen LogP contribution is 2.27. The van der Waals surface area contributed by atoms with Crippen LogP contribution in [-0.4, -0.2) is 38.9 Å². The number of fused-ring (bicyclic) bond motifs is 1. The molecule has 0 bridgehead atoms. The average molecular weight is 435 g/mol. The van der Waals surface area contributed by atoms with Gasteiger partial charge in [0, 0.05) is 13.0 Å². The number of amides is 1. The maximum atomic E-state index is 12.5. The second kappa shape index (κ2) is 8.79. The van der Waals surface area contributed by atoms with Gasteiger partial charge in [0.1, 0.15) is 17.0 Å². The molecule has 0 fully saturated rings. The third-order valence-corrected chi connectivity index (χ3v) is 7.20. The summed E-state index contributed by atoms with van der Waals surface area (Å²) in [4.78, 5) is 17.3. The van der Waals surface area contributed by atoms with E-state index in [0.717, 1.165) is 10.2 Å². The third-order valence-electron chi connectivity index (χ3n) is 4.42. The fourth-order valence-electron chi connectivity index (χ4n) is 2.93. The van der Waals surface area contributed by atoms with E-state index < -0.39 is 15.7 Å². The van der Waals surface area contributed by atoms with Crippen molar-refractivity contribution in [1.82, 2.24) is 4.57 Å². The Morgan fingerprint density at radius 3 is 2.45 bits per heavy atom. The first kappa shape index (κ1) is 21.1. The van der Waals surface area contributed by atoms with E-state index in [1.165, 1.54) is 30.6 Å². The Bertz CT molecular complexity index is 1190. The number of aryl methyl sites for hydroxylation is 1. The molecule has 9 heteroatoms. The smallest absolute Gasteiger partial charge is 0.249 e. The fraction of sp³-hybridized carbons (Fsp3) is 0.300. The van der Waals surface area contributed by atoms with Gasteiger partial charge in [-0.25, -0.2) is 8.42 Å². The first-order valence-electron chi connectivity index (χ1n) is 9.00. The maximum absolute atomic E-state index is 12.5. The molecule has 0 atom stereocenters. The number of aromatic nitrogens is 1. The first-order chi connectivity index (χ1) is 13.9. The van der Waals surface area contributed by atoms with Gasteiger partial charge >= 0.3 is 0 Å². The predicted molar refractivity (Wildman–Crippen MR) is 112 cm³/mol. The summed E-state index contributed by atoms with van der Waals surface area (Å²) in [6.45, 7) is 2.56. The molecule has 29 heavy (non-hydrogen) atoms. The summed E-state index contributed by atoms with van der Waals surface area (Å²) in [6.07, 6.45) is -0.191. The molecule has 3 aromatic rings. The molecule has 0 unspecified atom stereocenters. The van der Waals surface area contributed by atoms with Gasteiger partial charge in [0.15, 0.2) is 14.6 Å². The second-order valence-corrected chi connectivity index (χ2v) is 9.30. The van der Waals surface area contributed by atoms with Crippen LogP contribution in [0, 0.1) is 0 Å². The Labute approximate surface area is 173 Å². The molecule has 7 nitrogen and oxygen atoms in total. The first-order valence-corrected chi connectivity index (χ1v) is 11.5. The van der Waals surface area contributed by atoms with E-state index in [1.807, 2.05) is 29.7 Å². The van der Waals surface area contributed by atoms with Gasteiger partial charge in [-0.15, -0.1) is 0 Å². The number of thiazole rings is 1. The summed E-state index contributed by atoms with van der Waals surface area (Å²) in [5.74, 6) is 0.493. The van der Waals surface area contributed by atoms with Gasteiger partial charge in [-0.2, -0.15) is 4.99 Å². The molecule has 0 N–H and O–H groups in total. The van der Waals surface area contributed by atoms with Crippen LogP contribution >= 0.6 is 11.3 Å². The average Bonchev–Trinajstić information content (AvgIpc) is 3.09. The van der Waals surface area contributed by atoms with Gasteiger partial charge in [0.2, 0.25) is 5.91 Å². The third kappa shape index (κ3) is 4.51. The number of carbonyl (C=O) groups excluding carboxylic acids is 1. The highest BCUT2D eigenvalue weighted by atomic mass is 32.2. The minimum Gasteiger partial charge on any atom is -0.497 e. The lowest BCUT2D eigenvalue weighted by Gasteiger charge is -2.06. The van der Waals surface area contributed by atoms with Crippen molar-refractivity contribution in [1.29, 1.82) is 0 Å². The molecular weight excluding hydrogens is 412 g/mol. The molecule has 1 amide bonds. The monoisotopic (exact) mass is 434 g/mol. The van der Waals surface area contributed by atoms with Gasteiger partial charge in [-0.1, -0.05) is 17.4 Å². The highest BCUT2D eigenvalue weighted by molar-refractivity contribution is 7.91. The number of para-hydroxylation sites is 1. The molecular formula is C20H22N2O5S2. The van der Waals surface area contributed by atoms with Gasteiger partial charge in [0.05, 0.1) is 29.6 Å². The van der Waals surface area contributed by atoms with Crippen molar-refractivity contribution in [3.63, 3.8) is 0 Å². The summed E-state index contributed by atoms with van der Waals surface area (Å²) in [5.41, 5.74) is 0.875. The second-order valence-electron chi connectivity index (χ2n) is 6.19. The predicted octanol–water partition coefficient (Wildman–Crippen LogP) is 3.03. The van der Waals surface area contributed by atoms with Crippen molar-refractivity contribution in [2.45, 2.75) is 24.8 Å². The topological polar surface area (TPSA) is 87.0 Å². The molecule has 0 spiro atoms. The molecule has 0 radical (unpaired) electrons. The molecule has 3 rings (SSSR count). The fourth-order valence-corrected chi connectivity index (χ4v) is 5.28. The van der Waals surface area contributed by atoms with Crippen LogP contribution in [-0.2, 0) is 21.2 Å². The maximum Gasteiger partial charge on any atom is 0.249 e. The number of sulfone groups is 1. The van der Waals surface area contributed by atoms with Crippen molar-refractivity contribution >= 4 is 37.3 Å². The summed E-state index contributed by atoms with van der Waals surface area (Å²) in [6, 6.07) is 11.8. The number of hydrogen-bond acceptors (Lipinski definition) is 6. The van der Waals surface area contributed by atoms with Crippen molar-refractivity contribution < 1.29 is 22.7 Å². The van der Waals surface area contributed by atoms with Crippen LogP contribution in [0.25, 0.3) is 10.2 Å². The molecule has 2 aromatic carbocycles. The number of methoxy groups -OCH3 is 2. The zero-order chi connectivity index (χ0) is 21.0. The summed E-state index contributed by atoms with van der Waals surface area (Å²) >= 11 is 1.37. The van der Waals surface area contributed by atoms with Crippen LogP contribution in [0.3, 0.4) is 0 Å². The minimum absolute atomic E-state index is 0.154. The Hall–Kier alpha value is -2.65. The normalized spacial score (nSPS) is 12.3. The lowest BCUT2D eigenvalue weighted by Crippen LogP contribution is -2.17. The molecule has 0 saturated carbocycles. The van der Waals surface area contributed by atoms with E-state index in [9.17, 15) is 13.2 Å². The largest absolute Gasteiger partial charge is 0.497 e. The summed E-state index contributed by atoms with van der Waals surface area (Å²) in [5, 5.41) is 0. The molecule has 0 saturated heterocycles. The van der Waals surface area contributed by atoms with Crippen LogP contribution in [0.5, 0.6) is 11.5 Å². The van der Waals surface area contributed by atoms with E-state index in [-0.39, 0.29) is 17.1 Å². The number of carbonyl (C=O) groups is 1. The van der Waals surface area contributed by atoms with Gasteiger partial charge in [-0.05, 0) is 43.3 Å². The van der Waals surface area contributed by atoms with Gasteiger partial charge in [0.25, 0.3) is 0 Å². The Kier molecular flexibility index (Phi) is 6.39. The number of rotatable bonds is 7. The van der Waals surface area contributed by atoms with Crippen molar-refractivity contribution in [3.8, 4) is 11.5 Å². The molecule has 0 aliphatic carbocycles. The molecule has 154 valence electrons. The van der Waals surface area contributed by atoms with Crippen molar-refractivity contribution in [3.05, 3.63) is 47.3 Å². The zero-order valence-electron chi connectivity index (χ0n) is 16.4. The number of benzene rings is 2. The van der Waals surface area contributed by atoms with Crippen LogP contribution in [0.1, 0.15) is 13.3 Å². The molecule has 0 aliphatic rings. The molecule has 1 heterocycles. The van der Waals surface area contributed by atoms with E-state index in [1.54, 1.807) is 19.2 Å². The van der Waals surface area contributed by atoms with E-state index >= 15 is 0 Å². The number of ether oxygens (including phenoxy) is 2. The van der Waals surface area contributed by atoms with Crippen molar-refractivity contribution in [2.75, 3.05) is 20.0 Å². The molecule has 1 aromatic heterocycles. The minimum atomic E-state index is -3.58. The van der Waals surface area contributed by atoms with Gasteiger partial charge in [-0.3, -0.25) is 4.79 Å².